The summed E-state index contributed by atoms with van der Waals surface area (Å²) in [5.74, 6) is -0.179. The first-order chi connectivity index (χ1) is 28.5. The fourth-order valence-electron chi connectivity index (χ4n) is 7.39. The maximum absolute atomic E-state index is 12.9. The molecule has 350 valence electrons. The van der Waals surface area contributed by atoms with Crippen molar-refractivity contribution < 1.29 is 32.9 Å². The van der Waals surface area contributed by atoms with E-state index in [2.05, 4.69) is 31.3 Å². The van der Waals surface area contributed by atoms with Gasteiger partial charge in [0.05, 0.1) is 39.9 Å². The summed E-state index contributed by atoms with van der Waals surface area (Å²) in [5, 5.41) is 13.9. The van der Waals surface area contributed by atoms with E-state index in [1.54, 1.807) is 6.08 Å². The van der Waals surface area contributed by atoms with Gasteiger partial charge in [0.15, 0.2) is 0 Å². The maximum Gasteiger partial charge on any atom is 0.472 e. The number of hydrogen-bond acceptors (Lipinski definition) is 5. The first-order valence-corrected chi connectivity index (χ1v) is 26.7. The van der Waals surface area contributed by atoms with Crippen molar-refractivity contribution in [1.82, 2.24) is 5.32 Å². The van der Waals surface area contributed by atoms with Crippen molar-refractivity contribution in [3.8, 4) is 0 Å². The molecule has 0 fully saturated rings. The number of rotatable bonds is 46. The summed E-state index contributed by atoms with van der Waals surface area (Å²) in [7, 11) is 1.58. The predicted molar refractivity (Wildman–Crippen MR) is 254 cm³/mol. The summed E-state index contributed by atoms with van der Waals surface area (Å²) in [6.07, 6.45) is 51.0. The molecule has 0 rings (SSSR count). The van der Waals surface area contributed by atoms with E-state index in [9.17, 15) is 19.4 Å². The number of phosphoric ester groups is 1. The van der Waals surface area contributed by atoms with Crippen molar-refractivity contribution >= 4 is 13.7 Å². The summed E-state index contributed by atoms with van der Waals surface area (Å²) >= 11 is 0. The Morgan fingerprint density at radius 1 is 0.559 bits per heavy atom. The second-order valence-electron chi connectivity index (χ2n) is 18.5. The molecule has 1 amide bonds. The van der Waals surface area contributed by atoms with Crippen LogP contribution in [0.4, 0.5) is 0 Å². The Hall–Kier alpha value is -1.02. The number of carbonyl (C=O) groups is 1. The lowest BCUT2D eigenvalue weighted by atomic mass is 10.0. The van der Waals surface area contributed by atoms with E-state index < -0.39 is 20.0 Å². The molecule has 0 spiro atoms. The number of aliphatic hydroxyl groups excluding tert-OH is 1. The number of allylic oxidation sites excluding steroid dienone is 3. The van der Waals surface area contributed by atoms with Gasteiger partial charge in [-0.3, -0.25) is 13.8 Å². The van der Waals surface area contributed by atoms with Crippen LogP contribution in [0.3, 0.4) is 0 Å². The zero-order valence-corrected chi connectivity index (χ0v) is 40.7. The molecule has 0 aliphatic heterocycles. The fourth-order valence-corrected chi connectivity index (χ4v) is 8.13. The largest absolute Gasteiger partial charge is 0.472 e. The van der Waals surface area contributed by atoms with Gasteiger partial charge in [0.25, 0.3) is 0 Å². The molecular weight excluding hydrogens is 756 g/mol. The average Bonchev–Trinajstić information content (AvgIpc) is 3.19. The SMILES string of the molecule is CCCCCCCCCC/C=C\CCCCCCCCCC(=O)NC(COP(=O)(O)OCC[N+](C)(C)C)C(O)/C=C/CCCCCCCCCCCCCCCCCC. The van der Waals surface area contributed by atoms with Crippen LogP contribution in [-0.2, 0) is 18.4 Å². The van der Waals surface area contributed by atoms with Gasteiger partial charge >= 0.3 is 7.82 Å². The molecule has 9 heteroatoms. The first-order valence-electron chi connectivity index (χ1n) is 25.2. The van der Waals surface area contributed by atoms with E-state index in [-0.39, 0.29) is 19.1 Å². The molecule has 8 nitrogen and oxygen atoms in total. The fraction of sp³-hybridized carbons (Fsp3) is 0.900. The van der Waals surface area contributed by atoms with Gasteiger partial charge in [-0.05, 0) is 44.9 Å². The molecule has 0 aromatic carbocycles. The second kappa shape index (κ2) is 42.3. The van der Waals surface area contributed by atoms with Crippen LogP contribution in [0.1, 0.15) is 239 Å². The third kappa shape index (κ3) is 44.8. The van der Waals surface area contributed by atoms with E-state index >= 15 is 0 Å². The number of nitrogens with one attached hydrogen (secondary N) is 1. The molecule has 0 aromatic rings. The molecule has 3 atom stereocenters. The summed E-state index contributed by atoms with van der Waals surface area (Å²) in [6, 6.07) is -0.846. The standard InChI is InChI=1S/C50H99N2O6P/c1-6-8-10-12-14-16-18-20-22-24-26-28-30-32-34-36-38-40-42-44-50(54)51-48(47-58-59(55,56)57-46-45-52(3,4)5)49(53)43-41-39-37-35-33-31-29-27-25-23-21-19-17-15-13-11-9-7-2/h24,26,41,43,48-49,53H,6-23,25,27-40,42,44-47H2,1-5H3,(H-,51,54,55,56)/p+1/b26-24-,43-41+. The van der Waals surface area contributed by atoms with Crippen molar-refractivity contribution in [1.29, 1.82) is 0 Å². The van der Waals surface area contributed by atoms with Crippen LogP contribution in [-0.4, -0.2) is 73.4 Å². The molecule has 0 aliphatic rings. The van der Waals surface area contributed by atoms with Gasteiger partial charge in [0, 0.05) is 6.42 Å². The molecule has 0 aliphatic carbocycles. The van der Waals surface area contributed by atoms with Crippen LogP contribution in [0.5, 0.6) is 0 Å². The predicted octanol–water partition coefficient (Wildman–Crippen LogP) is 14.5. The number of hydrogen-bond donors (Lipinski definition) is 3. The summed E-state index contributed by atoms with van der Waals surface area (Å²) in [5.41, 5.74) is 0. The lowest BCUT2D eigenvalue weighted by Crippen LogP contribution is -2.45. The highest BCUT2D eigenvalue weighted by Crippen LogP contribution is 2.43. The lowest BCUT2D eigenvalue weighted by molar-refractivity contribution is -0.870. The highest BCUT2D eigenvalue weighted by Gasteiger charge is 2.27. The Morgan fingerprint density at radius 3 is 1.31 bits per heavy atom. The molecule has 0 saturated carbocycles. The van der Waals surface area contributed by atoms with Crippen LogP contribution in [0, 0.1) is 0 Å². The molecule has 0 bridgehead atoms. The van der Waals surface area contributed by atoms with Gasteiger partial charge in [0.2, 0.25) is 5.91 Å². The van der Waals surface area contributed by atoms with Gasteiger partial charge < -0.3 is 19.8 Å². The number of quaternary nitrogens is 1. The number of nitrogens with zero attached hydrogens (tertiary/aromatic N) is 1. The van der Waals surface area contributed by atoms with Crippen molar-refractivity contribution in [2.75, 3.05) is 40.9 Å². The smallest absolute Gasteiger partial charge is 0.387 e. The Balaban J connectivity index is 4.33. The second-order valence-corrected chi connectivity index (χ2v) is 20.0. The summed E-state index contributed by atoms with van der Waals surface area (Å²) < 4.78 is 23.6. The Labute approximate surface area is 366 Å². The van der Waals surface area contributed by atoms with E-state index in [0.29, 0.717) is 17.4 Å². The summed E-state index contributed by atoms with van der Waals surface area (Å²) in [4.78, 5) is 23.2. The number of aliphatic hydroxyl groups is 1. The molecule has 59 heavy (non-hydrogen) atoms. The van der Waals surface area contributed by atoms with Crippen LogP contribution in [0.2, 0.25) is 0 Å². The zero-order chi connectivity index (χ0) is 43.6. The third-order valence-corrected chi connectivity index (χ3v) is 12.4. The molecule has 0 radical (unpaired) electrons. The van der Waals surface area contributed by atoms with Gasteiger partial charge in [-0.1, -0.05) is 212 Å². The van der Waals surface area contributed by atoms with Crippen LogP contribution in [0.15, 0.2) is 24.3 Å². The van der Waals surface area contributed by atoms with Crippen molar-refractivity contribution in [3.63, 3.8) is 0 Å². The van der Waals surface area contributed by atoms with Crippen LogP contribution >= 0.6 is 7.82 Å². The van der Waals surface area contributed by atoms with E-state index in [0.717, 1.165) is 38.5 Å². The number of amides is 1. The maximum atomic E-state index is 12.9. The minimum absolute atomic E-state index is 0.0620. The first kappa shape index (κ1) is 58.0. The molecule has 0 saturated heterocycles. The Bertz CT molecular complexity index is 1020. The number of carbonyl (C=O) groups excluding carboxylic acids is 1. The van der Waals surface area contributed by atoms with Gasteiger partial charge in [-0.2, -0.15) is 0 Å². The van der Waals surface area contributed by atoms with Gasteiger partial charge in [-0.15, -0.1) is 0 Å². The number of phosphoric acid groups is 1. The molecule has 3 unspecified atom stereocenters. The zero-order valence-electron chi connectivity index (χ0n) is 39.8. The normalized spacial score (nSPS) is 14.4. The quantitative estimate of drug-likeness (QED) is 0.0244. The van der Waals surface area contributed by atoms with Crippen LogP contribution < -0.4 is 5.32 Å². The van der Waals surface area contributed by atoms with Crippen LogP contribution in [0.25, 0.3) is 0 Å². The molecular formula is C50H100N2O6P+. The molecule has 0 heterocycles. The van der Waals surface area contributed by atoms with Crippen molar-refractivity contribution in [2.24, 2.45) is 0 Å². The number of unbranched alkanes of at least 4 members (excludes halogenated alkanes) is 31. The van der Waals surface area contributed by atoms with Gasteiger partial charge in [0.1, 0.15) is 13.2 Å². The minimum atomic E-state index is -4.34. The molecule has 0 aromatic heterocycles. The summed E-state index contributed by atoms with van der Waals surface area (Å²) in [6.45, 7) is 4.83. The lowest BCUT2D eigenvalue weighted by Gasteiger charge is -2.25. The van der Waals surface area contributed by atoms with E-state index in [1.165, 1.54) is 180 Å². The number of likely N-dealkylation sites (N-methyl/N-ethyl adjacent to an activating group) is 1. The topological polar surface area (TPSA) is 105 Å². The average molecular weight is 856 g/mol. The Kier molecular flexibility index (Phi) is 41.6. The highest BCUT2D eigenvalue weighted by atomic mass is 31.2. The van der Waals surface area contributed by atoms with Gasteiger partial charge in [-0.25, -0.2) is 4.57 Å². The monoisotopic (exact) mass is 856 g/mol. The van der Waals surface area contributed by atoms with E-state index in [4.69, 9.17) is 9.05 Å². The third-order valence-electron chi connectivity index (χ3n) is 11.4. The Morgan fingerprint density at radius 2 is 0.915 bits per heavy atom. The van der Waals surface area contributed by atoms with Crippen molar-refractivity contribution in [2.45, 2.75) is 251 Å². The van der Waals surface area contributed by atoms with Crippen molar-refractivity contribution in [3.05, 3.63) is 24.3 Å². The minimum Gasteiger partial charge on any atom is -0.387 e. The highest BCUT2D eigenvalue weighted by molar-refractivity contribution is 7.47. The molecule has 3 N–H and O–H groups in total. The van der Waals surface area contributed by atoms with E-state index in [1.807, 2.05) is 27.2 Å².